The second-order valence-electron chi connectivity index (χ2n) is 11.3. The molecule has 0 amide bonds. The molecule has 5 rings (SSSR count). The summed E-state index contributed by atoms with van der Waals surface area (Å²) < 4.78 is 5.77. The average molecular weight is 587 g/mol. The molecule has 1 unspecified atom stereocenters. The summed E-state index contributed by atoms with van der Waals surface area (Å²) in [6.07, 6.45) is 13.4. The standard InChI is InChI=1S/C13H9.C13H21.C6H10.2ClH.Zr/c1-3-7-12-10(5-1)9-11-6-2-4-8-13(11)12;1-6-10-8-11(7-2)12(9-10)13(3,4)5;1-2-4-6-5-3-1;;;/h1-5,7-8H,9H2;9-10H,6-7H2,1-5H3;1-5H2;2*1H;/q;;;;;+2/p-2. The van der Waals surface area contributed by atoms with E-state index in [2.05, 4.69) is 83.2 Å². The first-order valence-corrected chi connectivity index (χ1v) is 17.0. The molecule has 0 bridgehead atoms. The van der Waals surface area contributed by atoms with Gasteiger partial charge >= 0.3 is 210 Å². The van der Waals surface area contributed by atoms with Crippen molar-refractivity contribution in [3.8, 4) is 11.1 Å². The Hall–Kier alpha value is -0.747. The predicted octanol–water partition coefficient (Wildman–Crippen LogP) is 2.32. The van der Waals surface area contributed by atoms with Crippen LogP contribution in [0.4, 0.5) is 0 Å². The molecule has 35 heavy (non-hydrogen) atoms. The zero-order valence-electron chi connectivity index (χ0n) is 22.1. The number of hydrogen-bond donors (Lipinski definition) is 0. The molecule has 0 spiro atoms. The summed E-state index contributed by atoms with van der Waals surface area (Å²) >= 11 is -2.21. The van der Waals surface area contributed by atoms with Crippen molar-refractivity contribution in [1.82, 2.24) is 0 Å². The Morgan fingerprint density at radius 2 is 1.54 bits per heavy atom. The quantitative estimate of drug-likeness (QED) is 0.441. The molecular formula is C32H40Cl2Zr. The Morgan fingerprint density at radius 1 is 0.857 bits per heavy atom. The minimum absolute atomic E-state index is 0. The van der Waals surface area contributed by atoms with Gasteiger partial charge in [0.15, 0.2) is 0 Å². The summed E-state index contributed by atoms with van der Waals surface area (Å²) in [7, 11) is 0. The second kappa shape index (κ2) is 11.8. The number of allylic oxidation sites excluding steroid dienone is 4. The number of rotatable bonds is 4. The van der Waals surface area contributed by atoms with Gasteiger partial charge in [0.1, 0.15) is 0 Å². The molecule has 1 atom stereocenters. The van der Waals surface area contributed by atoms with Gasteiger partial charge in [-0.15, -0.1) is 0 Å². The van der Waals surface area contributed by atoms with Crippen molar-refractivity contribution in [3.63, 3.8) is 0 Å². The first-order valence-electron chi connectivity index (χ1n) is 13.3. The molecule has 2 aromatic rings. The topological polar surface area (TPSA) is 0 Å². The van der Waals surface area contributed by atoms with Crippen molar-refractivity contribution in [1.29, 1.82) is 0 Å². The predicted molar refractivity (Wildman–Crippen MR) is 141 cm³/mol. The fourth-order valence-corrected chi connectivity index (χ4v) is 16.4. The molecule has 2 aromatic carbocycles. The molecule has 1 saturated carbocycles. The van der Waals surface area contributed by atoms with E-state index >= 15 is 0 Å². The molecule has 0 N–H and O–H groups in total. The third kappa shape index (κ3) is 5.30. The van der Waals surface area contributed by atoms with Gasteiger partial charge in [0, 0.05) is 0 Å². The summed E-state index contributed by atoms with van der Waals surface area (Å²) in [5.74, 6) is 0.664. The molecule has 0 saturated heterocycles. The van der Waals surface area contributed by atoms with Crippen molar-refractivity contribution in [3.05, 3.63) is 74.1 Å². The third-order valence-electron chi connectivity index (χ3n) is 8.19. The SMILES string of the molecule is CCC1=[C]([Zr+2](=[C]2CCCCC2)[c]2cccc3c2Cc2ccccc2-3)C(CC)C=C1C(C)(C)C.[Cl-].[Cl-]. The van der Waals surface area contributed by atoms with E-state index in [1.54, 1.807) is 16.7 Å². The van der Waals surface area contributed by atoms with Gasteiger partial charge in [-0.1, -0.05) is 0 Å². The van der Waals surface area contributed by atoms with E-state index in [9.17, 15) is 0 Å². The van der Waals surface area contributed by atoms with Gasteiger partial charge in [0.2, 0.25) is 0 Å². The van der Waals surface area contributed by atoms with Crippen LogP contribution in [0.2, 0.25) is 0 Å². The molecule has 0 aliphatic heterocycles. The second-order valence-corrected chi connectivity index (χ2v) is 17.5. The van der Waals surface area contributed by atoms with Crippen LogP contribution in [0.15, 0.2) is 63.0 Å². The van der Waals surface area contributed by atoms with Crippen LogP contribution in [0.25, 0.3) is 11.1 Å². The van der Waals surface area contributed by atoms with E-state index in [1.807, 2.05) is 9.76 Å². The van der Waals surface area contributed by atoms with Gasteiger partial charge in [-0.3, -0.25) is 0 Å². The largest absolute Gasteiger partial charge is 1.00 e. The van der Waals surface area contributed by atoms with E-state index in [-0.39, 0.29) is 30.2 Å². The van der Waals surface area contributed by atoms with Gasteiger partial charge in [-0.25, -0.2) is 0 Å². The van der Waals surface area contributed by atoms with Crippen molar-refractivity contribution < 1.29 is 46.1 Å². The van der Waals surface area contributed by atoms with Crippen LogP contribution in [0.3, 0.4) is 0 Å². The Kier molecular flexibility index (Phi) is 9.68. The Bertz CT molecular complexity index is 1170. The molecule has 1 fully saturated rings. The fraction of sp³-hybridized carbons (Fsp3) is 0.469. The summed E-state index contributed by atoms with van der Waals surface area (Å²) in [5, 5.41) is 0. The molecule has 0 radical (unpaired) electrons. The van der Waals surface area contributed by atoms with E-state index in [0.717, 1.165) is 6.42 Å². The summed E-state index contributed by atoms with van der Waals surface area (Å²) in [6.45, 7) is 12.1. The number of fused-ring (bicyclic) bond motifs is 3. The van der Waals surface area contributed by atoms with Crippen LogP contribution in [0.1, 0.15) is 90.7 Å². The zero-order valence-corrected chi connectivity index (χ0v) is 26.1. The molecule has 0 aromatic heterocycles. The van der Waals surface area contributed by atoms with Crippen molar-refractivity contribution >= 4 is 6.48 Å². The summed E-state index contributed by atoms with van der Waals surface area (Å²) in [4.78, 5) is 0. The maximum Gasteiger partial charge on any atom is -1.00 e. The minimum Gasteiger partial charge on any atom is -1.00 e. The summed E-state index contributed by atoms with van der Waals surface area (Å²) in [6, 6.07) is 16.5. The maximum atomic E-state index is 2.70. The zero-order chi connectivity index (χ0) is 23.2. The van der Waals surface area contributed by atoms with Crippen LogP contribution in [-0.2, 0) is 27.7 Å². The van der Waals surface area contributed by atoms with Gasteiger partial charge in [-0.2, -0.15) is 0 Å². The van der Waals surface area contributed by atoms with Crippen LogP contribution >= 0.6 is 0 Å². The van der Waals surface area contributed by atoms with E-state index in [4.69, 9.17) is 0 Å². The number of benzene rings is 2. The molecule has 0 nitrogen and oxygen atoms in total. The molecule has 3 aliphatic carbocycles. The first kappa shape index (κ1) is 28.8. The van der Waals surface area contributed by atoms with Crippen molar-refractivity contribution in [2.45, 2.75) is 86.0 Å². The van der Waals surface area contributed by atoms with Gasteiger partial charge in [0.25, 0.3) is 0 Å². The molecular weight excluding hydrogens is 546 g/mol. The maximum absolute atomic E-state index is 2.70. The molecule has 186 valence electrons. The van der Waals surface area contributed by atoms with E-state index in [0.29, 0.717) is 5.92 Å². The number of hydrogen-bond acceptors (Lipinski definition) is 0. The first-order chi connectivity index (χ1) is 15.9. The Labute approximate surface area is 233 Å². The molecule has 0 heterocycles. The van der Waals surface area contributed by atoms with Crippen LogP contribution < -0.4 is 28.1 Å². The van der Waals surface area contributed by atoms with Crippen LogP contribution in [0.5, 0.6) is 0 Å². The molecule has 3 aliphatic rings. The van der Waals surface area contributed by atoms with Crippen molar-refractivity contribution in [2.24, 2.45) is 11.3 Å². The summed E-state index contributed by atoms with van der Waals surface area (Å²) in [5.41, 5.74) is 9.91. The van der Waals surface area contributed by atoms with Crippen LogP contribution in [-0.4, -0.2) is 3.21 Å². The Morgan fingerprint density at radius 3 is 2.20 bits per heavy atom. The average Bonchev–Trinajstić information content (AvgIpc) is 3.39. The van der Waals surface area contributed by atoms with E-state index in [1.165, 1.54) is 61.6 Å². The van der Waals surface area contributed by atoms with Crippen LogP contribution in [0, 0.1) is 11.3 Å². The van der Waals surface area contributed by atoms with E-state index < -0.39 is 21.3 Å². The van der Waals surface area contributed by atoms with Crippen molar-refractivity contribution in [2.75, 3.05) is 0 Å². The smallest absolute Gasteiger partial charge is 1.00 e. The number of halogens is 2. The monoisotopic (exact) mass is 584 g/mol. The van der Waals surface area contributed by atoms with Gasteiger partial charge < -0.3 is 24.8 Å². The molecule has 3 heteroatoms. The third-order valence-corrected chi connectivity index (χ3v) is 16.6. The fourth-order valence-electron chi connectivity index (χ4n) is 6.64. The minimum atomic E-state index is -2.21. The van der Waals surface area contributed by atoms with Gasteiger partial charge in [0.05, 0.1) is 0 Å². The Balaban J connectivity index is 0.00000171. The normalized spacial score (nSPS) is 18.7. The van der Waals surface area contributed by atoms with Gasteiger partial charge in [-0.05, 0) is 0 Å².